The number of ether oxygens (including phenoxy) is 1. The lowest BCUT2D eigenvalue weighted by Gasteiger charge is -2.27. The second-order valence-electron chi connectivity index (χ2n) is 4.66. The van der Waals surface area contributed by atoms with Crippen LogP contribution in [-0.2, 0) is 14.3 Å². The molecule has 0 aliphatic heterocycles. The molecule has 1 aromatic carbocycles. The van der Waals surface area contributed by atoms with Crippen LogP contribution in [0.3, 0.4) is 0 Å². The molecule has 0 saturated carbocycles. The molecule has 0 radical (unpaired) electrons. The maximum atomic E-state index is 12.5. The molecule has 0 bridgehead atoms. The van der Waals surface area contributed by atoms with Crippen LogP contribution in [0, 0.1) is 11.8 Å². The SMILES string of the molecule is CCN(C(=O)C(C(=O)OC)C(C)C)c1ccccc1. The molecule has 0 spiro atoms. The van der Waals surface area contributed by atoms with Crippen molar-refractivity contribution in [3.8, 4) is 0 Å². The third-order valence-corrected chi connectivity index (χ3v) is 3.04. The number of amides is 1. The molecule has 1 amide bonds. The first kappa shape index (κ1) is 15.2. The van der Waals surface area contributed by atoms with E-state index in [-0.39, 0.29) is 11.8 Å². The average molecular weight is 263 g/mol. The molecule has 1 atom stereocenters. The smallest absolute Gasteiger partial charge is 0.318 e. The second kappa shape index (κ2) is 6.92. The number of methoxy groups -OCH3 is 1. The van der Waals surface area contributed by atoms with E-state index in [0.29, 0.717) is 6.54 Å². The van der Waals surface area contributed by atoms with Crippen molar-refractivity contribution >= 4 is 17.6 Å². The van der Waals surface area contributed by atoms with Gasteiger partial charge in [-0.3, -0.25) is 9.59 Å². The number of hydrogen-bond acceptors (Lipinski definition) is 3. The zero-order chi connectivity index (χ0) is 14.4. The molecule has 1 aromatic rings. The van der Waals surface area contributed by atoms with E-state index in [2.05, 4.69) is 0 Å². The van der Waals surface area contributed by atoms with Gasteiger partial charge in [-0.15, -0.1) is 0 Å². The van der Waals surface area contributed by atoms with Gasteiger partial charge in [-0.2, -0.15) is 0 Å². The topological polar surface area (TPSA) is 46.6 Å². The summed E-state index contributed by atoms with van der Waals surface area (Å²) in [5, 5.41) is 0. The van der Waals surface area contributed by atoms with Crippen molar-refractivity contribution in [2.24, 2.45) is 11.8 Å². The summed E-state index contributed by atoms with van der Waals surface area (Å²) in [6, 6.07) is 9.34. The highest BCUT2D eigenvalue weighted by atomic mass is 16.5. The van der Waals surface area contributed by atoms with Crippen molar-refractivity contribution in [3.63, 3.8) is 0 Å². The lowest BCUT2D eigenvalue weighted by molar-refractivity contribution is -0.151. The summed E-state index contributed by atoms with van der Waals surface area (Å²) in [6.07, 6.45) is 0. The van der Waals surface area contributed by atoms with Gasteiger partial charge in [0, 0.05) is 12.2 Å². The molecule has 4 nitrogen and oxygen atoms in total. The maximum absolute atomic E-state index is 12.5. The summed E-state index contributed by atoms with van der Waals surface area (Å²) in [6.45, 7) is 6.10. The zero-order valence-corrected chi connectivity index (χ0v) is 11.9. The molecule has 0 aliphatic rings. The van der Waals surface area contributed by atoms with Crippen molar-refractivity contribution in [3.05, 3.63) is 30.3 Å². The Balaban J connectivity index is 3.03. The van der Waals surface area contributed by atoms with Crippen LogP contribution in [0.2, 0.25) is 0 Å². The summed E-state index contributed by atoms with van der Waals surface area (Å²) < 4.78 is 4.74. The number of anilines is 1. The van der Waals surface area contributed by atoms with Gasteiger partial charge in [0.15, 0.2) is 0 Å². The second-order valence-corrected chi connectivity index (χ2v) is 4.66. The quantitative estimate of drug-likeness (QED) is 0.605. The number of para-hydroxylation sites is 1. The minimum absolute atomic E-state index is 0.0993. The maximum Gasteiger partial charge on any atom is 0.318 e. The monoisotopic (exact) mass is 263 g/mol. The van der Waals surface area contributed by atoms with E-state index in [1.165, 1.54) is 7.11 Å². The van der Waals surface area contributed by atoms with Gasteiger partial charge in [-0.25, -0.2) is 0 Å². The van der Waals surface area contributed by atoms with Gasteiger partial charge in [0.1, 0.15) is 5.92 Å². The number of carbonyl (C=O) groups excluding carboxylic acids is 2. The summed E-state index contributed by atoms with van der Waals surface area (Å²) >= 11 is 0. The molecule has 0 heterocycles. The minimum atomic E-state index is -0.759. The standard InChI is InChI=1S/C15H21NO3/c1-5-16(12-9-7-6-8-10-12)14(17)13(11(2)3)15(18)19-4/h6-11,13H,5H2,1-4H3. The third kappa shape index (κ3) is 3.56. The van der Waals surface area contributed by atoms with E-state index in [0.717, 1.165) is 5.69 Å². The lowest BCUT2D eigenvalue weighted by atomic mass is 9.94. The fourth-order valence-corrected chi connectivity index (χ4v) is 2.03. The van der Waals surface area contributed by atoms with Crippen molar-refractivity contribution < 1.29 is 14.3 Å². The Kier molecular flexibility index (Phi) is 5.55. The first-order valence-corrected chi connectivity index (χ1v) is 6.47. The van der Waals surface area contributed by atoms with Gasteiger partial charge < -0.3 is 9.64 Å². The Morgan fingerprint density at radius 2 is 1.79 bits per heavy atom. The molecular formula is C15H21NO3. The lowest BCUT2D eigenvalue weighted by Crippen LogP contribution is -2.42. The Bertz CT molecular complexity index is 428. The number of benzene rings is 1. The van der Waals surface area contributed by atoms with Gasteiger partial charge in [-0.1, -0.05) is 32.0 Å². The number of nitrogens with zero attached hydrogens (tertiary/aromatic N) is 1. The van der Waals surface area contributed by atoms with Crippen molar-refractivity contribution in [1.29, 1.82) is 0 Å². The Morgan fingerprint density at radius 1 is 1.21 bits per heavy atom. The van der Waals surface area contributed by atoms with Crippen LogP contribution in [0.4, 0.5) is 5.69 Å². The molecule has 4 heteroatoms. The number of rotatable bonds is 5. The molecular weight excluding hydrogens is 242 g/mol. The number of esters is 1. The normalized spacial score (nSPS) is 12.1. The zero-order valence-electron chi connectivity index (χ0n) is 11.9. The largest absolute Gasteiger partial charge is 0.468 e. The Labute approximate surface area is 114 Å². The molecule has 0 N–H and O–H groups in total. The van der Waals surface area contributed by atoms with Crippen LogP contribution >= 0.6 is 0 Å². The first-order chi connectivity index (χ1) is 9.02. The molecule has 0 aliphatic carbocycles. The molecule has 0 fully saturated rings. The van der Waals surface area contributed by atoms with E-state index < -0.39 is 11.9 Å². The van der Waals surface area contributed by atoms with Crippen molar-refractivity contribution in [2.75, 3.05) is 18.6 Å². The molecule has 0 aromatic heterocycles. The molecule has 0 saturated heterocycles. The van der Waals surface area contributed by atoms with Gasteiger partial charge in [0.05, 0.1) is 7.11 Å². The number of carbonyl (C=O) groups is 2. The average Bonchev–Trinajstić information content (AvgIpc) is 2.40. The van der Waals surface area contributed by atoms with Crippen molar-refractivity contribution in [1.82, 2.24) is 0 Å². The van der Waals surface area contributed by atoms with Crippen LogP contribution in [0.25, 0.3) is 0 Å². The van der Waals surface area contributed by atoms with E-state index in [1.54, 1.807) is 4.90 Å². The highest BCUT2D eigenvalue weighted by molar-refractivity contribution is 6.06. The fraction of sp³-hybridized carbons (Fsp3) is 0.467. The van der Waals surface area contributed by atoms with Crippen molar-refractivity contribution in [2.45, 2.75) is 20.8 Å². The van der Waals surface area contributed by atoms with E-state index >= 15 is 0 Å². The minimum Gasteiger partial charge on any atom is -0.468 e. The molecule has 19 heavy (non-hydrogen) atoms. The van der Waals surface area contributed by atoms with Gasteiger partial charge in [-0.05, 0) is 25.0 Å². The van der Waals surface area contributed by atoms with E-state index in [9.17, 15) is 9.59 Å². The van der Waals surface area contributed by atoms with Crippen LogP contribution in [0.15, 0.2) is 30.3 Å². The van der Waals surface area contributed by atoms with Crippen LogP contribution < -0.4 is 4.90 Å². The predicted octanol–water partition coefficient (Wildman–Crippen LogP) is 2.48. The van der Waals surface area contributed by atoms with Crippen LogP contribution in [0.5, 0.6) is 0 Å². The van der Waals surface area contributed by atoms with Crippen LogP contribution in [-0.4, -0.2) is 25.5 Å². The van der Waals surface area contributed by atoms with Crippen LogP contribution in [0.1, 0.15) is 20.8 Å². The summed E-state index contributed by atoms with van der Waals surface area (Å²) in [5.41, 5.74) is 0.796. The highest BCUT2D eigenvalue weighted by Gasteiger charge is 2.34. The van der Waals surface area contributed by atoms with Gasteiger partial charge in [0.25, 0.3) is 0 Å². The molecule has 104 valence electrons. The van der Waals surface area contributed by atoms with Gasteiger partial charge in [0.2, 0.25) is 5.91 Å². The molecule has 1 unspecified atom stereocenters. The summed E-state index contributed by atoms with van der Waals surface area (Å²) in [5.74, 6) is -1.55. The Hall–Kier alpha value is -1.84. The van der Waals surface area contributed by atoms with Gasteiger partial charge >= 0.3 is 5.97 Å². The van der Waals surface area contributed by atoms with E-state index in [4.69, 9.17) is 4.74 Å². The predicted molar refractivity (Wildman–Crippen MR) is 74.8 cm³/mol. The summed E-state index contributed by atoms with van der Waals surface area (Å²) in [7, 11) is 1.31. The first-order valence-electron chi connectivity index (χ1n) is 6.47. The summed E-state index contributed by atoms with van der Waals surface area (Å²) in [4.78, 5) is 25.9. The number of hydrogen-bond donors (Lipinski definition) is 0. The molecule has 1 rings (SSSR count). The fourth-order valence-electron chi connectivity index (χ4n) is 2.03. The third-order valence-electron chi connectivity index (χ3n) is 3.04. The Morgan fingerprint density at radius 3 is 2.21 bits per heavy atom. The van der Waals surface area contributed by atoms with E-state index in [1.807, 2.05) is 51.1 Å². The highest BCUT2D eigenvalue weighted by Crippen LogP contribution is 2.21.